The van der Waals surface area contributed by atoms with Crippen molar-refractivity contribution in [1.29, 1.82) is 0 Å². The predicted molar refractivity (Wildman–Crippen MR) is 126 cm³/mol. The van der Waals surface area contributed by atoms with E-state index in [1.807, 2.05) is 29.9 Å². The van der Waals surface area contributed by atoms with Crippen molar-refractivity contribution in [1.82, 2.24) is 34.6 Å². The van der Waals surface area contributed by atoms with Crippen LogP contribution < -0.4 is 20.5 Å². The van der Waals surface area contributed by atoms with E-state index in [-0.39, 0.29) is 6.79 Å². The molecule has 10 nitrogen and oxygen atoms in total. The highest BCUT2D eigenvalue weighted by molar-refractivity contribution is 7.99. The van der Waals surface area contributed by atoms with Crippen LogP contribution >= 0.6 is 11.8 Å². The van der Waals surface area contributed by atoms with Crippen molar-refractivity contribution in [3.05, 3.63) is 30.7 Å². The number of rotatable bonds is 8. The number of imidazole rings is 1. The fraction of sp³-hybridized carbons (Fsp3) is 0.364. The number of nitrogens with two attached hydrogens (primary N) is 1. The lowest BCUT2D eigenvalue weighted by Crippen LogP contribution is -2.24. The van der Waals surface area contributed by atoms with Gasteiger partial charge in [-0.1, -0.05) is 25.6 Å². The summed E-state index contributed by atoms with van der Waals surface area (Å²) >= 11 is 1.54. The van der Waals surface area contributed by atoms with E-state index in [1.54, 1.807) is 18.0 Å². The van der Waals surface area contributed by atoms with Gasteiger partial charge in [-0.3, -0.25) is 4.68 Å². The van der Waals surface area contributed by atoms with Gasteiger partial charge in [-0.25, -0.2) is 15.0 Å². The van der Waals surface area contributed by atoms with Gasteiger partial charge in [0.05, 0.1) is 5.69 Å². The van der Waals surface area contributed by atoms with Gasteiger partial charge in [-0.05, 0) is 31.2 Å². The molecule has 0 saturated heterocycles. The molecule has 0 aliphatic carbocycles. The molecule has 0 unspecified atom stereocenters. The van der Waals surface area contributed by atoms with Crippen LogP contribution in [0, 0.1) is 0 Å². The molecule has 3 aromatic heterocycles. The molecule has 0 radical (unpaired) electrons. The Hall–Kier alpha value is -3.31. The maximum atomic E-state index is 6.13. The van der Waals surface area contributed by atoms with Gasteiger partial charge >= 0.3 is 0 Å². The molecule has 4 heterocycles. The third kappa shape index (κ3) is 4.21. The van der Waals surface area contributed by atoms with Crippen LogP contribution in [0.25, 0.3) is 22.4 Å². The molecule has 4 aromatic rings. The average molecular weight is 467 g/mol. The number of benzene rings is 1. The Kier molecular flexibility index (Phi) is 5.81. The monoisotopic (exact) mass is 466 g/mol. The zero-order valence-electron chi connectivity index (χ0n) is 18.8. The summed E-state index contributed by atoms with van der Waals surface area (Å²) in [7, 11) is 1.92. The van der Waals surface area contributed by atoms with Crippen LogP contribution in [0.3, 0.4) is 0 Å². The van der Waals surface area contributed by atoms with E-state index in [1.165, 1.54) is 6.33 Å². The van der Waals surface area contributed by atoms with E-state index in [4.69, 9.17) is 20.2 Å². The van der Waals surface area contributed by atoms with E-state index in [2.05, 4.69) is 38.8 Å². The normalized spacial score (nSPS) is 12.8. The minimum Gasteiger partial charge on any atom is -0.454 e. The lowest BCUT2D eigenvalue weighted by molar-refractivity contribution is 0.174. The number of nitrogens with one attached hydrogen (secondary N) is 1. The fourth-order valence-corrected chi connectivity index (χ4v) is 4.85. The Bertz CT molecular complexity index is 1300. The standard InChI is InChI=1S/C22H26N8O2S/c1-13(2)24-6-4-8-30-21-19(20(23)25-11-26-21)28-22(30)33-18-10-17-16(31-12-32-17)9-14(18)15-5-7-27-29(15)3/h5,7,9-11,13,24H,4,6,8,12H2,1-3H3,(H2,23,25,26). The SMILES string of the molecule is CC(C)NCCCn1c(Sc2cc3c(cc2-c2ccnn2C)OCO3)nc2c(N)ncnc21. The van der Waals surface area contributed by atoms with E-state index >= 15 is 0 Å². The molecule has 3 N–H and O–H groups in total. The van der Waals surface area contributed by atoms with E-state index in [0.717, 1.165) is 52.2 Å². The number of fused-ring (bicyclic) bond motifs is 2. The minimum absolute atomic E-state index is 0.210. The topological polar surface area (TPSA) is 118 Å². The van der Waals surface area contributed by atoms with Crippen LogP contribution in [0.4, 0.5) is 5.82 Å². The number of hydrogen-bond acceptors (Lipinski definition) is 9. The predicted octanol–water partition coefficient (Wildman–Crippen LogP) is 3.08. The first-order chi connectivity index (χ1) is 16.0. The average Bonchev–Trinajstić information content (AvgIpc) is 3.50. The molecule has 1 aliphatic rings. The van der Waals surface area contributed by atoms with Gasteiger partial charge in [0, 0.05) is 36.3 Å². The largest absolute Gasteiger partial charge is 0.454 e. The first-order valence-electron chi connectivity index (χ1n) is 10.8. The van der Waals surface area contributed by atoms with Gasteiger partial charge in [0.25, 0.3) is 0 Å². The number of aromatic nitrogens is 6. The van der Waals surface area contributed by atoms with E-state index in [9.17, 15) is 0 Å². The first kappa shape index (κ1) is 21.5. The summed E-state index contributed by atoms with van der Waals surface area (Å²) in [4.78, 5) is 14.4. The number of nitrogens with zero attached hydrogens (tertiary/aromatic N) is 6. The summed E-state index contributed by atoms with van der Waals surface area (Å²) in [5.41, 5.74) is 9.44. The van der Waals surface area contributed by atoms with Gasteiger partial charge in [0.1, 0.15) is 6.33 Å². The Morgan fingerprint density at radius 2 is 2.03 bits per heavy atom. The summed E-state index contributed by atoms with van der Waals surface area (Å²) in [6.07, 6.45) is 4.19. The molecule has 1 aliphatic heterocycles. The maximum Gasteiger partial charge on any atom is 0.231 e. The summed E-state index contributed by atoms with van der Waals surface area (Å²) in [5.74, 6) is 1.81. The molecule has 1 aromatic carbocycles. The van der Waals surface area contributed by atoms with Crippen LogP contribution in [-0.2, 0) is 13.6 Å². The molecule has 33 heavy (non-hydrogen) atoms. The molecule has 0 amide bonds. The molecule has 0 bridgehead atoms. The molecule has 5 rings (SSSR count). The molecular weight excluding hydrogens is 440 g/mol. The number of aryl methyl sites for hydroxylation is 2. The zero-order valence-corrected chi connectivity index (χ0v) is 19.6. The van der Waals surface area contributed by atoms with Crippen molar-refractivity contribution in [2.75, 3.05) is 19.1 Å². The second-order valence-electron chi connectivity index (χ2n) is 8.08. The van der Waals surface area contributed by atoms with Crippen LogP contribution in [-0.4, -0.2) is 48.7 Å². The van der Waals surface area contributed by atoms with Gasteiger partial charge in [-0.2, -0.15) is 5.10 Å². The molecule has 172 valence electrons. The van der Waals surface area contributed by atoms with Crippen LogP contribution in [0.2, 0.25) is 0 Å². The lowest BCUT2D eigenvalue weighted by atomic mass is 10.1. The van der Waals surface area contributed by atoms with Crippen molar-refractivity contribution < 1.29 is 9.47 Å². The second-order valence-corrected chi connectivity index (χ2v) is 9.09. The maximum absolute atomic E-state index is 6.13. The third-order valence-corrected chi connectivity index (χ3v) is 6.46. The number of hydrogen-bond donors (Lipinski definition) is 2. The Labute approximate surface area is 195 Å². The van der Waals surface area contributed by atoms with Crippen LogP contribution in [0.5, 0.6) is 11.5 Å². The van der Waals surface area contributed by atoms with Crippen LogP contribution in [0.15, 0.2) is 40.8 Å². The summed E-state index contributed by atoms with van der Waals surface area (Å²) < 4.78 is 15.2. The number of anilines is 1. The quantitative estimate of drug-likeness (QED) is 0.378. The second kappa shape index (κ2) is 8.91. The summed E-state index contributed by atoms with van der Waals surface area (Å²) in [6, 6.07) is 6.40. The van der Waals surface area contributed by atoms with E-state index < -0.39 is 0 Å². The van der Waals surface area contributed by atoms with Gasteiger partial charge < -0.3 is 25.1 Å². The fourth-order valence-electron chi connectivity index (χ4n) is 3.79. The first-order valence-corrected chi connectivity index (χ1v) is 11.6. The highest BCUT2D eigenvalue weighted by Crippen LogP contribution is 2.44. The van der Waals surface area contributed by atoms with E-state index in [0.29, 0.717) is 23.1 Å². The zero-order chi connectivity index (χ0) is 22.9. The summed E-state index contributed by atoms with van der Waals surface area (Å²) in [5, 5.41) is 8.59. The molecule has 0 spiro atoms. The highest BCUT2D eigenvalue weighted by Gasteiger charge is 2.23. The van der Waals surface area contributed by atoms with Gasteiger partial charge in [0.15, 0.2) is 33.6 Å². The molecule has 11 heteroatoms. The van der Waals surface area contributed by atoms with Crippen molar-refractivity contribution >= 4 is 28.7 Å². The van der Waals surface area contributed by atoms with Crippen molar-refractivity contribution in [3.8, 4) is 22.8 Å². The molecular formula is C22H26N8O2S. The lowest BCUT2D eigenvalue weighted by Gasteiger charge is -2.13. The molecule has 0 fully saturated rings. The van der Waals surface area contributed by atoms with Gasteiger partial charge in [0.2, 0.25) is 6.79 Å². The Morgan fingerprint density at radius 3 is 2.79 bits per heavy atom. The summed E-state index contributed by atoms with van der Waals surface area (Å²) in [6.45, 7) is 6.14. The van der Waals surface area contributed by atoms with Crippen LogP contribution in [0.1, 0.15) is 20.3 Å². The van der Waals surface area contributed by atoms with Crippen molar-refractivity contribution in [3.63, 3.8) is 0 Å². The number of nitrogen functional groups attached to an aromatic ring is 1. The Morgan fingerprint density at radius 1 is 1.21 bits per heavy atom. The number of ether oxygens (including phenoxy) is 2. The Balaban J connectivity index is 1.56. The van der Waals surface area contributed by atoms with Crippen molar-refractivity contribution in [2.45, 2.75) is 42.9 Å². The van der Waals surface area contributed by atoms with Crippen molar-refractivity contribution in [2.24, 2.45) is 7.05 Å². The minimum atomic E-state index is 0.210. The highest BCUT2D eigenvalue weighted by atomic mass is 32.2. The molecule has 0 saturated carbocycles. The molecule has 0 atom stereocenters. The van der Waals surface area contributed by atoms with Gasteiger partial charge in [-0.15, -0.1) is 0 Å². The third-order valence-electron chi connectivity index (χ3n) is 5.41. The smallest absolute Gasteiger partial charge is 0.231 e.